The molecule has 0 aromatic heterocycles. The van der Waals surface area contributed by atoms with Crippen LogP contribution in [-0.4, -0.2) is 30.1 Å². The van der Waals surface area contributed by atoms with Gasteiger partial charge in [0.15, 0.2) is 11.6 Å². The minimum absolute atomic E-state index is 0.447. The highest BCUT2D eigenvalue weighted by molar-refractivity contribution is 5.17. The first kappa shape index (κ1) is 16.4. The molecule has 2 nitrogen and oxygen atoms in total. The molecule has 1 aliphatic heterocycles. The Balaban J connectivity index is 2.05. The fourth-order valence-electron chi connectivity index (χ4n) is 3.03. The number of rotatable bonds is 4. The fourth-order valence-corrected chi connectivity index (χ4v) is 3.03. The van der Waals surface area contributed by atoms with Crippen LogP contribution in [0, 0.1) is 17.6 Å². The zero-order chi connectivity index (χ0) is 15.4. The van der Waals surface area contributed by atoms with Gasteiger partial charge in [0.05, 0.1) is 0 Å². The summed E-state index contributed by atoms with van der Waals surface area (Å²) in [6.45, 7) is 9.32. The molecular weight excluding hydrogens is 270 g/mol. The number of nitrogens with one attached hydrogen (secondary N) is 1. The molecule has 1 heterocycles. The summed E-state index contributed by atoms with van der Waals surface area (Å²) in [7, 11) is 0. The summed E-state index contributed by atoms with van der Waals surface area (Å²) in [6.07, 6.45) is 2.22. The number of halogens is 2. The molecule has 0 bridgehead atoms. The maximum absolute atomic E-state index is 13.4. The van der Waals surface area contributed by atoms with Crippen molar-refractivity contribution >= 4 is 0 Å². The van der Waals surface area contributed by atoms with Gasteiger partial charge in [-0.25, -0.2) is 8.78 Å². The highest BCUT2D eigenvalue weighted by atomic mass is 19.2. The third-order valence-corrected chi connectivity index (χ3v) is 4.20. The highest BCUT2D eigenvalue weighted by Gasteiger charge is 2.23. The van der Waals surface area contributed by atoms with Crippen LogP contribution in [-0.2, 0) is 6.54 Å². The first-order chi connectivity index (χ1) is 9.95. The molecule has 1 N–H and O–H groups in total. The van der Waals surface area contributed by atoms with E-state index in [1.54, 1.807) is 6.07 Å². The molecule has 1 aliphatic rings. The van der Waals surface area contributed by atoms with Crippen LogP contribution in [0.25, 0.3) is 0 Å². The quantitative estimate of drug-likeness (QED) is 0.914. The van der Waals surface area contributed by atoms with Crippen LogP contribution in [0.5, 0.6) is 0 Å². The van der Waals surface area contributed by atoms with Crippen molar-refractivity contribution in [1.29, 1.82) is 0 Å². The van der Waals surface area contributed by atoms with Gasteiger partial charge in [0.2, 0.25) is 0 Å². The van der Waals surface area contributed by atoms with Gasteiger partial charge in [0.1, 0.15) is 0 Å². The second kappa shape index (κ2) is 7.32. The topological polar surface area (TPSA) is 15.3 Å². The Morgan fingerprint density at radius 3 is 2.71 bits per heavy atom. The molecule has 1 aromatic carbocycles. The van der Waals surface area contributed by atoms with E-state index in [9.17, 15) is 8.78 Å². The second-order valence-electron chi connectivity index (χ2n) is 6.60. The van der Waals surface area contributed by atoms with E-state index in [0.717, 1.165) is 31.5 Å². The van der Waals surface area contributed by atoms with E-state index in [2.05, 4.69) is 31.0 Å². The molecule has 0 radical (unpaired) electrons. The van der Waals surface area contributed by atoms with Crippen molar-refractivity contribution in [3.05, 3.63) is 35.4 Å². The van der Waals surface area contributed by atoms with Crippen molar-refractivity contribution in [3.63, 3.8) is 0 Å². The van der Waals surface area contributed by atoms with Crippen LogP contribution in [0.15, 0.2) is 18.2 Å². The van der Waals surface area contributed by atoms with E-state index in [4.69, 9.17) is 0 Å². The molecule has 21 heavy (non-hydrogen) atoms. The lowest BCUT2D eigenvalue weighted by molar-refractivity contribution is 0.189. The Morgan fingerprint density at radius 1 is 1.29 bits per heavy atom. The molecule has 0 amide bonds. The van der Waals surface area contributed by atoms with Crippen LogP contribution in [0.2, 0.25) is 0 Å². The van der Waals surface area contributed by atoms with E-state index in [1.165, 1.54) is 12.1 Å². The summed E-state index contributed by atoms with van der Waals surface area (Å²) in [6, 6.07) is 5.14. The molecule has 2 unspecified atom stereocenters. The molecule has 2 rings (SSSR count). The minimum Gasteiger partial charge on any atom is -0.313 e. The van der Waals surface area contributed by atoms with Gasteiger partial charge in [-0.05, 0) is 49.9 Å². The lowest BCUT2D eigenvalue weighted by Crippen LogP contribution is -2.40. The van der Waals surface area contributed by atoms with Crippen molar-refractivity contribution in [2.75, 3.05) is 13.1 Å². The Kier molecular flexibility index (Phi) is 5.71. The first-order valence-electron chi connectivity index (χ1n) is 7.87. The molecule has 4 heteroatoms. The number of benzene rings is 1. The van der Waals surface area contributed by atoms with Gasteiger partial charge in [0, 0.05) is 25.2 Å². The highest BCUT2D eigenvalue weighted by Crippen LogP contribution is 2.18. The number of hydrogen-bond acceptors (Lipinski definition) is 2. The monoisotopic (exact) mass is 296 g/mol. The van der Waals surface area contributed by atoms with Crippen molar-refractivity contribution in [2.24, 2.45) is 5.92 Å². The summed E-state index contributed by atoms with van der Waals surface area (Å²) >= 11 is 0. The lowest BCUT2D eigenvalue weighted by atomic mass is 10.0. The Labute approximate surface area is 126 Å². The van der Waals surface area contributed by atoms with E-state index in [1.807, 2.05) is 0 Å². The molecule has 1 fully saturated rings. The largest absolute Gasteiger partial charge is 0.313 e. The number of nitrogens with zero attached hydrogens (tertiary/aromatic N) is 1. The fraction of sp³-hybridized carbons (Fsp3) is 0.647. The minimum atomic E-state index is -0.776. The van der Waals surface area contributed by atoms with Gasteiger partial charge < -0.3 is 5.32 Å². The van der Waals surface area contributed by atoms with Crippen molar-refractivity contribution < 1.29 is 8.78 Å². The van der Waals surface area contributed by atoms with Gasteiger partial charge in [0.25, 0.3) is 0 Å². The molecule has 1 aromatic rings. The molecule has 0 aliphatic carbocycles. The van der Waals surface area contributed by atoms with Crippen LogP contribution < -0.4 is 5.32 Å². The lowest BCUT2D eigenvalue weighted by Gasteiger charge is -2.29. The maximum Gasteiger partial charge on any atom is 0.159 e. The maximum atomic E-state index is 13.4. The van der Waals surface area contributed by atoms with Gasteiger partial charge in [-0.3, -0.25) is 4.90 Å². The SMILES string of the molecule is CC(C)CC1CN(Cc2ccc(F)c(F)c2)C(C)CCN1. The number of hydrogen-bond donors (Lipinski definition) is 1. The molecule has 118 valence electrons. The van der Waals surface area contributed by atoms with Crippen molar-refractivity contribution in [3.8, 4) is 0 Å². The zero-order valence-corrected chi connectivity index (χ0v) is 13.2. The molecule has 0 spiro atoms. The summed E-state index contributed by atoms with van der Waals surface area (Å²) in [4.78, 5) is 2.37. The molecular formula is C17H26F2N2. The first-order valence-corrected chi connectivity index (χ1v) is 7.87. The normalized spacial score (nSPS) is 24.3. The van der Waals surface area contributed by atoms with Gasteiger partial charge in [-0.1, -0.05) is 19.9 Å². The van der Waals surface area contributed by atoms with Crippen molar-refractivity contribution in [1.82, 2.24) is 10.2 Å². The Morgan fingerprint density at radius 2 is 2.05 bits per heavy atom. The summed E-state index contributed by atoms with van der Waals surface area (Å²) in [5.74, 6) is -0.880. The molecule has 0 saturated carbocycles. The van der Waals surface area contributed by atoms with Crippen molar-refractivity contribution in [2.45, 2.75) is 52.2 Å². The predicted octanol–water partition coefficient (Wildman–Crippen LogP) is 3.56. The third kappa shape index (κ3) is 4.75. The van der Waals surface area contributed by atoms with E-state index in [-0.39, 0.29) is 0 Å². The summed E-state index contributed by atoms with van der Waals surface area (Å²) in [5, 5.41) is 3.60. The predicted molar refractivity (Wildman–Crippen MR) is 82.1 cm³/mol. The van der Waals surface area contributed by atoms with Crippen LogP contribution >= 0.6 is 0 Å². The molecule has 2 atom stereocenters. The van der Waals surface area contributed by atoms with E-state index in [0.29, 0.717) is 24.5 Å². The van der Waals surface area contributed by atoms with Crippen LogP contribution in [0.4, 0.5) is 8.78 Å². The summed E-state index contributed by atoms with van der Waals surface area (Å²) < 4.78 is 26.4. The van der Waals surface area contributed by atoms with Gasteiger partial charge in [-0.15, -0.1) is 0 Å². The zero-order valence-electron chi connectivity index (χ0n) is 13.2. The Bertz CT molecular complexity index is 462. The third-order valence-electron chi connectivity index (χ3n) is 4.20. The average Bonchev–Trinajstić information content (AvgIpc) is 2.56. The standard InChI is InChI=1S/C17H26F2N2/c1-12(2)8-15-11-21(13(3)6-7-20-15)10-14-4-5-16(18)17(19)9-14/h4-5,9,12-13,15,20H,6-8,10-11H2,1-3H3. The summed E-state index contributed by atoms with van der Waals surface area (Å²) in [5.41, 5.74) is 0.839. The van der Waals surface area contributed by atoms with Gasteiger partial charge >= 0.3 is 0 Å². The van der Waals surface area contributed by atoms with E-state index >= 15 is 0 Å². The average molecular weight is 296 g/mol. The van der Waals surface area contributed by atoms with Crippen LogP contribution in [0.3, 0.4) is 0 Å². The van der Waals surface area contributed by atoms with E-state index < -0.39 is 11.6 Å². The smallest absolute Gasteiger partial charge is 0.159 e. The second-order valence-corrected chi connectivity index (χ2v) is 6.60. The molecule has 1 saturated heterocycles. The Hall–Kier alpha value is -1.00. The van der Waals surface area contributed by atoms with Crippen LogP contribution in [0.1, 0.15) is 39.2 Å². The van der Waals surface area contributed by atoms with Gasteiger partial charge in [-0.2, -0.15) is 0 Å².